The number of benzene rings is 2. The topological polar surface area (TPSA) is 54.8 Å². The molecule has 0 atom stereocenters. The number of anilines is 2. The lowest BCUT2D eigenvalue weighted by molar-refractivity contribution is -0.367. The van der Waals surface area contributed by atoms with Gasteiger partial charge in [0.05, 0.1) is 12.7 Å². The lowest BCUT2D eigenvalue weighted by Gasteiger charge is -2.22. The molecule has 7 heteroatoms. The summed E-state index contributed by atoms with van der Waals surface area (Å²) >= 11 is 0. The van der Waals surface area contributed by atoms with Crippen molar-refractivity contribution >= 4 is 21.5 Å². The average Bonchev–Trinajstić information content (AvgIpc) is 2.71. The molecular weight excluding hydrogens is 377 g/mol. The molecular formula is C21H23FN3O2S+. The minimum Gasteiger partial charge on any atom is -0.267 e. The zero-order valence-electron chi connectivity index (χ0n) is 15.8. The summed E-state index contributed by atoms with van der Waals surface area (Å²) in [4.78, 5) is 5.00. The van der Waals surface area contributed by atoms with Crippen molar-refractivity contribution in [2.45, 2.75) is 18.4 Å². The zero-order valence-corrected chi connectivity index (χ0v) is 16.7. The fourth-order valence-electron chi connectivity index (χ4n) is 2.98. The summed E-state index contributed by atoms with van der Waals surface area (Å²) in [6, 6.07) is 18.8. The van der Waals surface area contributed by atoms with E-state index in [1.165, 1.54) is 16.6 Å². The molecule has 0 saturated heterocycles. The number of H-pyrrole nitrogens is 1. The fourth-order valence-corrected chi connectivity index (χ4v) is 4.42. The van der Waals surface area contributed by atoms with Gasteiger partial charge < -0.3 is 0 Å². The Morgan fingerprint density at radius 2 is 1.64 bits per heavy atom. The van der Waals surface area contributed by atoms with Gasteiger partial charge >= 0.3 is 0 Å². The molecule has 0 amide bonds. The molecule has 0 aliphatic rings. The summed E-state index contributed by atoms with van der Waals surface area (Å²) in [6.07, 6.45) is 1.47. The van der Waals surface area contributed by atoms with Crippen LogP contribution in [-0.2, 0) is 16.6 Å². The monoisotopic (exact) mass is 400 g/mol. The Hall–Kier alpha value is -2.93. The van der Waals surface area contributed by atoms with E-state index < -0.39 is 10.0 Å². The molecule has 0 bridgehead atoms. The van der Waals surface area contributed by atoms with Gasteiger partial charge in [-0.3, -0.25) is 9.21 Å². The Morgan fingerprint density at radius 1 is 0.964 bits per heavy atom. The van der Waals surface area contributed by atoms with Gasteiger partial charge in [0.25, 0.3) is 15.8 Å². The highest BCUT2D eigenvalue weighted by molar-refractivity contribution is 7.92. The van der Waals surface area contributed by atoms with Gasteiger partial charge in [0, 0.05) is 18.2 Å². The standard InChI is InChI=1S/C21H22FN3O2S/c1-3-25(18-10-5-4-6-11-18)28(26,27)19-13-14-21(23-15-19)24(2)16-17-9-7-8-12-20(17)22/h4-15H,3,16H2,1-2H3/p+1. The molecule has 0 unspecified atom stereocenters. The number of aromatic amines is 1. The predicted molar refractivity (Wildman–Crippen MR) is 108 cm³/mol. The van der Waals surface area contributed by atoms with Crippen LogP contribution in [0.2, 0.25) is 0 Å². The molecule has 1 aromatic heterocycles. The molecule has 0 spiro atoms. The minimum absolute atomic E-state index is 0.168. The van der Waals surface area contributed by atoms with E-state index in [9.17, 15) is 12.8 Å². The average molecular weight is 400 g/mol. The first kappa shape index (κ1) is 19.8. The second-order valence-corrected chi connectivity index (χ2v) is 8.22. The molecule has 0 aliphatic heterocycles. The van der Waals surface area contributed by atoms with Crippen LogP contribution in [-0.4, -0.2) is 22.0 Å². The van der Waals surface area contributed by atoms with Crippen molar-refractivity contribution in [3.8, 4) is 0 Å². The van der Waals surface area contributed by atoms with Crippen molar-refractivity contribution in [3.05, 3.63) is 84.3 Å². The Morgan fingerprint density at radius 3 is 2.25 bits per heavy atom. The van der Waals surface area contributed by atoms with Crippen LogP contribution in [0.25, 0.3) is 0 Å². The number of hydrogen-bond acceptors (Lipinski definition) is 3. The van der Waals surface area contributed by atoms with Crippen LogP contribution in [0.5, 0.6) is 0 Å². The zero-order chi connectivity index (χ0) is 20.1. The van der Waals surface area contributed by atoms with Gasteiger partial charge in [-0.25, -0.2) is 17.8 Å². The largest absolute Gasteiger partial charge is 0.274 e. The maximum absolute atomic E-state index is 13.9. The first-order chi connectivity index (χ1) is 13.4. The van der Waals surface area contributed by atoms with E-state index >= 15 is 0 Å². The van der Waals surface area contributed by atoms with E-state index in [4.69, 9.17) is 0 Å². The summed E-state index contributed by atoms with van der Waals surface area (Å²) in [7, 11) is -1.87. The molecule has 3 aromatic rings. The Balaban J connectivity index is 1.82. The maximum Gasteiger partial charge on any atom is 0.274 e. The summed E-state index contributed by atoms with van der Waals surface area (Å²) in [5.41, 5.74) is 1.18. The Kier molecular flexibility index (Phi) is 5.94. The van der Waals surface area contributed by atoms with Crippen molar-refractivity contribution in [1.82, 2.24) is 0 Å². The third-order valence-electron chi connectivity index (χ3n) is 4.46. The van der Waals surface area contributed by atoms with Crippen LogP contribution in [0.15, 0.2) is 77.8 Å². The van der Waals surface area contributed by atoms with Gasteiger partial charge in [-0.1, -0.05) is 36.4 Å². The summed E-state index contributed by atoms with van der Waals surface area (Å²) in [5.74, 6) is 0.417. The van der Waals surface area contributed by atoms with Crippen LogP contribution in [0.1, 0.15) is 12.5 Å². The van der Waals surface area contributed by atoms with Crippen LogP contribution in [0, 0.1) is 5.82 Å². The van der Waals surface area contributed by atoms with Crippen molar-refractivity contribution in [3.63, 3.8) is 0 Å². The number of aromatic nitrogens is 1. The van der Waals surface area contributed by atoms with Crippen molar-refractivity contribution in [1.29, 1.82) is 0 Å². The van der Waals surface area contributed by atoms with Crippen LogP contribution in [0.3, 0.4) is 0 Å². The quantitative estimate of drug-likeness (QED) is 0.610. The van der Waals surface area contributed by atoms with E-state index in [-0.39, 0.29) is 10.7 Å². The number of para-hydroxylation sites is 1. The van der Waals surface area contributed by atoms with E-state index in [0.717, 1.165) is 0 Å². The van der Waals surface area contributed by atoms with E-state index in [1.807, 2.05) is 18.0 Å². The number of nitrogens with zero attached hydrogens (tertiary/aromatic N) is 2. The van der Waals surface area contributed by atoms with Gasteiger partial charge in [0.2, 0.25) is 0 Å². The van der Waals surface area contributed by atoms with E-state index in [0.29, 0.717) is 30.2 Å². The smallest absolute Gasteiger partial charge is 0.267 e. The Labute approximate surface area is 165 Å². The Bertz CT molecular complexity index is 1030. The summed E-state index contributed by atoms with van der Waals surface area (Å²) in [6.45, 7) is 2.48. The highest BCUT2D eigenvalue weighted by Gasteiger charge is 2.25. The van der Waals surface area contributed by atoms with E-state index in [1.54, 1.807) is 61.5 Å². The normalized spacial score (nSPS) is 11.2. The van der Waals surface area contributed by atoms with Crippen LogP contribution < -0.4 is 14.2 Å². The van der Waals surface area contributed by atoms with Crippen molar-refractivity contribution in [2.75, 3.05) is 22.8 Å². The highest BCUT2D eigenvalue weighted by atomic mass is 32.2. The number of hydrogen-bond donors (Lipinski definition) is 0. The lowest BCUT2D eigenvalue weighted by atomic mass is 10.2. The third kappa shape index (κ3) is 4.14. The van der Waals surface area contributed by atoms with Gasteiger partial charge in [-0.2, -0.15) is 0 Å². The van der Waals surface area contributed by atoms with E-state index in [2.05, 4.69) is 4.98 Å². The number of halogens is 1. The molecule has 0 saturated carbocycles. The van der Waals surface area contributed by atoms with Gasteiger partial charge in [0.15, 0.2) is 0 Å². The second-order valence-electron chi connectivity index (χ2n) is 6.36. The second kappa shape index (κ2) is 8.39. The highest BCUT2D eigenvalue weighted by Crippen LogP contribution is 2.23. The molecule has 1 N–H and O–H groups in total. The SMILES string of the molecule is CCN(c1ccccc1)S(=O)(=O)c1ccc(N(C)Cc2ccccc2F)[nH+]c1. The first-order valence-corrected chi connectivity index (χ1v) is 10.4. The van der Waals surface area contributed by atoms with Gasteiger partial charge in [-0.05, 0) is 31.2 Å². The molecule has 0 radical (unpaired) electrons. The molecule has 28 heavy (non-hydrogen) atoms. The molecule has 3 rings (SSSR count). The molecule has 0 aliphatic carbocycles. The number of pyridine rings is 1. The molecule has 146 valence electrons. The summed E-state index contributed by atoms with van der Waals surface area (Å²) in [5, 5.41) is 0. The maximum atomic E-state index is 13.9. The number of sulfonamides is 1. The lowest BCUT2D eigenvalue weighted by Crippen LogP contribution is -2.32. The minimum atomic E-state index is -3.69. The molecule has 1 heterocycles. The molecule has 2 aromatic carbocycles. The molecule has 0 fully saturated rings. The predicted octanol–water partition coefficient (Wildman–Crippen LogP) is 3.49. The van der Waals surface area contributed by atoms with Gasteiger partial charge in [-0.15, -0.1) is 0 Å². The summed E-state index contributed by atoms with van der Waals surface area (Å²) < 4.78 is 41.3. The number of rotatable bonds is 7. The number of nitrogens with one attached hydrogen (secondary N) is 1. The molecule has 5 nitrogen and oxygen atoms in total. The fraction of sp³-hybridized carbons (Fsp3) is 0.190. The van der Waals surface area contributed by atoms with Crippen LogP contribution >= 0.6 is 0 Å². The van der Waals surface area contributed by atoms with Crippen molar-refractivity contribution < 1.29 is 17.8 Å². The van der Waals surface area contributed by atoms with Crippen LogP contribution in [0.4, 0.5) is 15.9 Å². The van der Waals surface area contributed by atoms with Crippen molar-refractivity contribution in [2.24, 2.45) is 0 Å². The third-order valence-corrected chi connectivity index (χ3v) is 6.36. The van der Waals surface area contributed by atoms with Gasteiger partial charge in [0.1, 0.15) is 23.5 Å². The first-order valence-electron chi connectivity index (χ1n) is 8.97.